The Labute approximate surface area is 130 Å². The molecule has 3 nitrogen and oxygen atoms in total. The van der Waals surface area contributed by atoms with E-state index >= 15 is 0 Å². The number of unbranched alkanes of at least 4 members (excludes halogenated alkanes) is 1. The summed E-state index contributed by atoms with van der Waals surface area (Å²) in [4.78, 5) is 0. The van der Waals surface area contributed by atoms with Gasteiger partial charge in [-0.3, -0.25) is 0 Å². The number of ether oxygens (including phenoxy) is 1. The van der Waals surface area contributed by atoms with Crippen molar-refractivity contribution in [1.29, 1.82) is 0 Å². The van der Waals surface area contributed by atoms with Crippen molar-refractivity contribution < 1.29 is 9.15 Å². The molecule has 0 aromatic carbocycles. The smallest absolute Gasteiger partial charge is 0.118 e. The molecule has 1 aromatic rings. The summed E-state index contributed by atoms with van der Waals surface area (Å²) in [5, 5.41) is 3.36. The van der Waals surface area contributed by atoms with Gasteiger partial charge >= 0.3 is 0 Å². The Balaban J connectivity index is 2.33. The second-order valence-electron chi connectivity index (χ2n) is 5.90. The van der Waals surface area contributed by atoms with Crippen LogP contribution in [-0.4, -0.2) is 13.2 Å². The molecular weight excluding hydrogens is 262 g/mol. The monoisotopic (exact) mass is 295 g/mol. The molecule has 0 bridgehead atoms. The van der Waals surface area contributed by atoms with E-state index in [9.17, 15) is 0 Å². The fourth-order valence-electron chi connectivity index (χ4n) is 2.44. The van der Waals surface area contributed by atoms with Crippen LogP contribution >= 0.6 is 0 Å². The van der Waals surface area contributed by atoms with Gasteiger partial charge in [-0.15, -0.1) is 0 Å². The van der Waals surface area contributed by atoms with E-state index in [4.69, 9.17) is 9.15 Å². The van der Waals surface area contributed by atoms with Crippen LogP contribution < -0.4 is 5.32 Å². The quantitative estimate of drug-likeness (QED) is 0.561. The van der Waals surface area contributed by atoms with Gasteiger partial charge in [-0.1, -0.05) is 40.0 Å². The third-order valence-electron chi connectivity index (χ3n) is 3.95. The molecule has 1 heterocycles. The van der Waals surface area contributed by atoms with E-state index in [1.165, 1.54) is 31.2 Å². The summed E-state index contributed by atoms with van der Waals surface area (Å²) in [6, 6.07) is 2.13. The number of furan rings is 1. The second-order valence-corrected chi connectivity index (χ2v) is 5.90. The third kappa shape index (κ3) is 7.14. The fourth-order valence-corrected chi connectivity index (χ4v) is 2.44. The molecule has 0 saturated heterocycles. The van der Waals surface area contributed by atoms with Crippen molar-refractivity contribution in [3.05, 3.63) is 23.2 Å². The van der Waals surface area contributed by atoms with Crippen LogP contribution in [-0.2, 0) is 17.9 Å². The first-order valence-corrected chi connectivity index (χ1v) is 8.57. The molecule has 21 heavy (non-hydrogen) atoms. The van der Waals surface area contributed by atoms with Crippen LogP contribution in [0.3, 0.4) is 0 Å². The van der Waals surface area contributed by atoms with Crippen molar-refractivity contribution in [2.24, 2.45) is 5.92 Å². The molecule has 0 saturated carbocycles. The summed E-state index contributed by atoms with van der Waals surface area (Å²) in [6.45, 7) is 12.1. The van der Waals surface area contributed by atoms with Gasteiger partial charge in [0, 0.05) is 12.2 Å². The van der Waals surface area contributed by atoms with Gasteiger partial charge in [0.15, 0.2) is 0 Å². The van der Waals surface area contributed by atoms with Gasteiger partial charge in [-0.05, 0) is 38.3 Å². The maximum Gasteiger partial charge on any atom is 0.118 e. The predicted molar refractivity (Wildman–Crippen MR) is 88.4 cm³/mol. The molecule has 0 aliphatic heterocycles. The van der Waals surface area contributed by atoms with E-state index in [1.54, 1.807) is 0 Å². The van der Waals surface area contributed by atoms with Crippen LogP contribution in [0.1, 0.15) is 70.0 Å². The van der Waals surface area contributed by atoms with Crippen molar-refractivity contribution in [2.75, 3.05) is 13.2 Å². The topological polar surface area (TPSA) is 34.4 Å². The molecule has 0 fully saturated rings. The molecule has 1 rings (SSSR count). The highest BCUT2D eigenvalue weighted by Crippen LogP contribution is 2.18. The molecule has 1 atom stereocenters. The zero-order chi connectivity index (χ0) is 15.5. The van der Waals surface area contributed by atoms with Crippen LogP contribution in [0, 0.1) is 12.8 Å². The number of nitrogens with one attached hydrogen (secondary N) is 1. The highest BCUT2D eigenvalue weighted by molar-refractivity contribution is 5.19. The van der Waals surface area contributed by atoms with Gasteiger partial charge in [0.25, 0.3) is 0 Å². The van der Waals surface area contributed by atoms with Crippen molar-refractivity contribution in [2.45, 2.75) is 73.0 Å². The van der Waals surface area contributed by atoms with Crippen LogP contribution in [0.25, 0.3) is 0 Å². The molecule has 1 aromatic heterocycles. The average molecular weight is 295 g/mol. The largest absolute Gasteiger partial charge is 0.465 e. The summed E-state index contributed by atoms with van der Waals surface area (Å²) in [6.07, 6.45) is 6.21. The van der Waals surface area contributed by atoms with Crippen LogP contribution in [0.5, 0.6) is 0 Å². The number of hydrogen-bond acceptors (Lipinski definition) is 3. The minimum absolute atomic E-state index is 0.672. The minimum atomic E-state index is 0.672. The summed E-state index contributed by atoms with van der Waals surface area (Å²) >= 11 is 0. The molecule has 122 valence electrons. The zero-order valence-electron chi connectivity index (χ0n) is 14.3. The molecule has 0 spiro atoms. The Morgan fingerprint density at radius 1 is 1.24 bits per heavy atom. The zero-order valence-corrected chi connectivity index (χ0v) is 14.3. The number of rotatable bonds is 12. The SMILES string of the molecule is CCCCC(CC)COCc1cc(CNCCC)oc1C. The summed E-state index contributed by atoms with van der Waals surface area (Å²) in [7, 11) is 0. The molecule has 0 aliphatic rings. The molecule has 0 amide bonds. The second kappa shape index (κ2) is 10.9. The van der Waals surface area contributed by atoms with E-state index in [-0.39, 0.29) is 0 Å². The lowest BCUT2D eigenvalue weighted by Gasteiger charge is -2.14. The maximum absolute atomic E-state index is 5.91. The Morgan fingerprint density at radius 2 is 2.05 bits per heavy atom. The lowest BCUT2D eigenvalue weighted by Crippen LogP contribution is -2.13. The van der Waals surface area contributed by atoms with Crippen LogP contribution in [0.4, 0.5) is 0 Å². The number of hydrogen-bond donors (Lipinski definition) is 1. The molecule has 1 unspecified atom stereocenters. The standard InChI is InChI=1S/C18H33NO2/c1-5-8-9-16(7-3)13-20-14-17-11-18(21-15(17)4)12-19-10-6-2/h11,16,19H,5-10,12-14H2,1-4H3. The van der Waals surface area contributed by atoms with Gasteiger partial charge in [-0.25, -0.2) is 0 Å². The van der Waals surface area contributed by atoms with Crippen LogP contribution in [0.15, 0.2) is 10.5 Å². The van der Waals surface area contributed by atoms with E-state index in [0.29, 0.717) is 12.5 Å². The Kier molecular flexibility index (Phi) is 9.44. The number of aryl methyl sites for hydroxylation is 1. The highest BCUT2D eigenvalue weighted by atomic mass is 16.5. The van der Waals surface area contributed by atoms with Crippen LogP contribution in [0.2, 0.25) is 0 Å². The predicted octanol–water partition coefficient (Wildman–Crippen LogP) is 4.82. The summed E-state index contributed by atoms with van der Waals surface area (Å²) < 4.78 is 11.7. The third-order valence-corrected chi connectivity index (χ3v) is 3.95. The molecule has 1 N–H and O–H groups in total. The Bertz CT molecular complexity index is 373. The molecule has 0 radical (unpaired) electrons. The van der Waals surface area contributed by atoms with Gasteiger partial charge < -0.3 is 14.5 Å². The first-order valence-electron chi connectivity index (χ1n) is 8.57. The van der Waals surface area contributed by atoms with Gasteiger partial charge in [0.05, 0.1) is 13.2 Å². The summed E-state index contributed by atoms with van der Waals surface area (Å²) in [5.41, 5.74) is 1.19. The highest BCUT2D eigenvalue weighted by Gasteiger charge is 2.10. The van der Waals surface area contributed by atoms with Gasteiger partial charge in [-0.2, -0.15) is 0 Å². The first kappa shape index (κ1) is 18.2. The van der Waals surface area contributed by atoms with Crippen molar-refractivity contribution in [3.63, 3.8) is 0 Å². The first-order chi connectivity index (χ1) is 10.2. The Hall–Kier alpha value is -0.800. The van der Waals surface area contributed by atoms with Crippen molar-refractivity contribution in [3.8, 4) is 0 Å². The van der Waals surface area contributed by atoms with E-state index in [0.717, 1.165) is 37.6 Å². The van der Waals surface area contributed by atoms with Crippen molar-refractivity contribution >= 4 is 0 Å². The summed E-state index contributed by atoms with van der Waals surface area (Å²) in [5.74, 6) is 2.70. The molecular formula is C18H33NO2. The Morgan fingerprint density at radius 3 is 2.71 bits per heavy atom. The lowest BCUT2D eigenvalue weighted by molar-refractivity contribution is 0.0812. The van der Waals surface area contributed by atoms with E-state index < -0.39 is 0 Å². The van der Waals surface area contributed by atoms with E-state index in [2.05, 4.69) is 32.2 Å². The van der Waals surface area contributed by atoms with Gasteiger partial charge in [0.1, 0.15) is 11.5 Å². The van der Waals surface area contributed by atoms with E-state index in [1.807, 2.05) is 6.92 Å². The fraction of sp³-hybridized carbons (Fsp3) is 0.778. The normalized spacial score (nSPS) is 12.8. The molecule has 3 heteroatoms. The average Bonchev–Trinajstić information content (AvgIpc) is 2.83. The lowest BCUT2D eigenvalue weighted by atomic mass is 10.0. The van der Waals surface area contributed by atoms with Crippen molar-refractivity contribution in [1.82, 2.24) is 5.32 Å². The maximum atomic E-state index is 5.91. The van der Waals surface area contributed by atoms with Gasteiger partial charge in [0.2, 0.25) is 0 Å². The molecule has 0 aliphatic carbocycles. The minimum Gasteiger partial charge on any atom is -0.465 e.